The molecule has 1 aliphatic heterocycles. The number of nitrogens with one attached hydrogen (secondary N) is 1. The highest BCUT2D eigenvalue weighted by atomic mass is 32.2. The Morgan fingerprint density at radius 2 is 2.19 bits per heavy atom. The average molecular weight is 380 g/mol. The van der Waals surface area contributed by atoms with Gasteiger partial charge in [-0.3, -0.25) is 14.3 Å². The number of hydrogen-bond acceptors (Lipinski definition) is 5. The van der Waals surface area contributed by atoms with Gasteiger partial charge in [-0.15, -0.1) is 0 Å². The van der Waals surface area contributed by atoms with Crippen LogP contribution in [-0.4, -0.2) is 51.1 Å². The Morgan fingerprint density at radius 1 is 1.38 bits per heavy atom. The molecule has 3 rings (SSSR count). The second-order valence-corrected chi connectivity index (χ2v) is 8.18. The second-order valence-electron chi connectivity index (χ2n) is 7.20. The molecule has 0 bridgehead atoms. The van der Waals surface area contributed by atoms with Crippen LogP contribution >= 0.6 is 11.8 Å². The molecule has 2 heterocycles. The van der Waals surface area contributed by atoms with Gasteiger partial charge in [0.15, 0.2) is 0 Å². The van der Waals surface area contributed by atoms with Gasteiger partial charge >= 0.3 is 0 Å². The van der Waals surface area contributed by atoms with Crippen molar-refractivity contribution in [2.45, 2.75) is 57.8 Å². The SMILES string of the molecule is CSCC[C@H](N)C(=O)NCc1cc2n(n1)CCCN(C(=O)C1CCC1)C2. The zero-order chi connectivity index (χ0) is 18.5. The van der Waals surface area contributed by atoms with Crippen LogP contribution in [0, 0.1) is 5.92 Å². The van der Waals surface area contributed by atoms with Crippen molar-refractivity contribution < 1.29 is 9.59 Å². The summed E-state index contributed by atoms with van der Waals surface area (Å²) >= 11 is 1.68. The first-order valence-corrected chi connectivity index (χ1v) is 10.8. The van der Waals surface area contributed by atoms with E-state index in [1.165, 1.54) is 6.42 Å². The molecule has 1 aliphatic carbocycles. The number of hydrogen-bond donors (Lipinski definition) is 2. The van der Waals surface area contributed by atoms with E-state index >= 15 is 0 Å². The number of fused-ring (bicyclic) bond motifs is 1. The minimum Gasteiger partial charge on any atom is -0.349 e. The standard InChI is InChI=1S/C18H29N5O2S/c1-26-9-6-16(19)17(24)20-11-14-10-15-12-22(7-3-8-23(15)21-14)18(25)13-4-2-5-13/h10,13,16H,2-9,11-12,19H2,1H3,(H,20,24)/t16-/m0/s1. The van der Waals surface area contributed by atoms with Crippen LogP contribution in [0.1, 0.15) is 43.5 Å². The number of nitrogens with zero attached hydrogens (tertiary/aromatic N) is 3. The highest BCUT2D eigenvalue weighted by Gasteiger charge is 2.30. The van der Waals surface area contributed by atoms with Gasteiger partial charge in [0, 0.05) is 19.0 Å². The molecular formula is C18H29N5O2S. The van der Waals surface area contributed by atoms with Gasteiger partial charge in [0.2, 0.25) is 11.8 Å². The topological polar surface area (TPSA) is 93.2 Å². The molecule has 0 unspecified atom stereocenters. The predicted molar refractivity (Wildman–Crippen MR) is 102 cm³/mol. The predicted octanol–water partition coefficient (Wildman–Crippen LogP) is 1.11. The first kappa shape index (κ1) is 19.2. The van der Waals surface area contributed by atoms with E-state index in [0.29, 0.717) is 25.4 Å². The van der Waals surface area contributed by atoms with Crippen molar-refractivity contribution in [3.8, 4) is 0 Å². The number of rotatable bonds is 7. The third-order valence-corrected chi connectivity index (χ3v) is 5.89. The Labute approximate surface area is 159 Å². The third-order valence-electron chi connectivity index (χ3n) is 5.24. The van der Waals surface area contributed by atoms with Gasteiger partial charge in [0.05, 0.1) is 30.5 Å². The Morgan fingerprint density at radius 3 is 2.88 bits per heavy atom. The van der Waals surface area contributed by atoms with Gasteiger partial charge in [-0.25, -0.2) is 0 Å². The highest BCUT2D eigenvalue weighted by molar-refractivity contribution is 7.98. The summed E-state index contributed by atoms with van der Waals surface area (Å²) in [6.07, 6.45) is 6.82. The summed E-state index contributed by atoms with van der Waals surface area (Å²) in [6, 6.07) is 1.53. The van der Waals surface area contributed by atoms with Crippen LogP contribution in [0.4, 0.5) is 0 Å². The number of thioether (sulfide) groups is 1. The zero-order valence-electron chi connectivity index (χ0n) is 15.4. The lowest BCUT2D eigenvalue weighted by atomic mass is 9.84. The van der Waals surface area contributed by atoms with Gasteiger partial charge < -0.3 is 16.0 Å². The van der Waals surface area contributed by atoms with Crippen molar-refractivity contribution >= 4 is 23.6 Å². The largest absolute Gasteiger partial charge is 0.349 e. The maximum absolute atomic E-state index is 12.5. The minimum atomic E-state index is -0.474. The summed E-state index contributed by atoms with van der Waals surface area (Å²) in [5, 5.41) is 7.47. The molecule has 2 aliphatic rings. The third kappa shape index (κ3) is 4.59. The van der Waals surface area contributed by atoms with Crippen LogP contribution in [0.3, 0.4) is 0 Å². The molecule has 26 heavy (non-hydrogen) atoms. The number of aryl methyl sites for hydroxylation is 1. The van der Waals surface area contributed by atoms with Crippen LogP contribution in [0.2, 0.25) is 0 Å². The zero-order valence-corrected chi connectivity index (χ0v) is 16.3. The summed E-state index contributed by atoms with van der Waals surface area (Å²) < 4.78 is 1.98. The van der Waals surface area contributed by atoms with Gasteiger partial charge in [0.1, 0.15) is 0 Å². The van der Waals surface area contributed by atoms with Crippen LogP contribution in [0.25, 0.3) is 0 Å². The fraction of sp³-hybridized carbons (Fsp3) is 0.722. The van der Waals surface area contributed by atoms with Crippen molar-refractivity contribution in [1.29, 1.82) is 0 Å². The number of carbonyl (C=O) groups excluding carboxylic acids is 2. The van der Waals surface area contributed by atoms with Crippen LogP contribution in [0.15, 0.2) is 6.07 Å². The fourth-order valence-electron chi connectivity index (χ4n) is 3.39. The van der Waals surface area contributed by atoms with Gasteiger partial charge in [-0.1, -0.05) is 6.42 Å². The number of nitrogens with two attached hydrogens (primary N) is 1. The van der Waals surface area contributed by atoms with E-state index in [4.69, 9.17) is 5.73 Å². The lowest BCUT2D eigenvalue weighted by Gasteiger charge is -2.30. The van der Waals surface area contributed by atoms with E-state index in [0.717, 1.165) is 49.5 Å². The van der Waals surface area contributed by atoms with Crippen molar-refractivity contribution in [2.75, 3.05) is 18.6 Å². The maximum atomic E-state index is 12.5. The second kappa shape index (κ2) is 8.90. The Hall–Kier alpha value is -1.54. The van der Waals surface area contributed by atoms with Crippen molar-refractivity contribution in [2.24, 2.45) is 11.7 Å². The molecule has 3 N–H and O–H groups in total. The van der Waals surface area contributed by atoms with Gasteiger partial charge in [-0.2, -0.15) is 16.9 Å². The molecule has 7 nitrogen and oxygen atoms in total. The van der Waals surface area contributed by atoms with Crippen LogP contribution in [-0.2, 0) is 29.2 Å². The Balaban J connectivity index is 1.55. The molecule has 0 spiro atoms. The lowest BCUT2D eigenvalue weighted by molar-refractivity contribution is -0.138. The van der Waals surface area contributed by atoms with E-state index in [1.807, 2.05) is 21.9 Å². The number of aromatic nitrogens is 2. The number of carbonyl (C=O) groups is 2. The number of amides is 2. The molecule has 0 saturated heterocycles. The van der Waals surface area contributed by atoms with Crippen molar-refractivity contribution in [3.63, 3.8) is 0 Å². The quantitative estimate of drug-likeness (QED) is 0.740. The summed E-state index contributed by atoms with van der Waals surface area (Å²) in [5.74, 6) is 1.26. The molecule has 8 heteroatoms. The smallest absolute Gasteiger partial charge is 0.237 e. The molecular weight excluding hydrogens is 350 g/mol. The molecule has 0 aromatic carbocycles. The molecule has 1 aromatic rings. The van der Waals surface area contributed by atoms with Gasteiger partial charge in [-0.05, 0) is 43.8 Å². The van der Waals surface area contributed by atoms with Crippen LogP contribution in [0.5, 0.6) is 0 Å². The average Bonchev–Trinajstić information content (AvgIpc) is 2.86. The van der Waals surface area contributed by atoms with Crippen LogP contribution < -0.4 is 11.1 Å². The molecule has 1 aromatic heterocycles. The first-order chi connectivity index (χ1) is 12.6. The van der Waals surface area contributed by atoms with E-state index in [1.54, 1.807) is 11.8 Å². The van der Waals surface area contributed by atoms with Gasteiger partial charge in [0.25, 0.3) is 0 Å². The monoisotopic (exact) mass is 379 g/mol. The Bertz CT molecular complexity index is 644. The minimum absolute atomic E-state index is 0.135. The molecule has 1 fully saturated rings. The summed E-state index contributed by atoms with van der Waals surface area (Å²) in [6.45, 7) is 2.60. The molecule has 1 saturated carbocycles. The normalized spacial score (nSPS) is 18.6. The first-order valence-electron chi connectivity index (χ1n) is 9.45. The molecule has 144 valence electrons. The van der Waals surface area contributed by atoms with E-state index in [-0.39, 0.29) is 11.8 Å². The van der Waals surface area contributed by atoms with E-state index in [9.17, 15) is 9.59 Å². The lowest BCUT2D eigenvalue weighted by Crippen LogP contribution is -2.40. The molecule has 2 amide bonds. The van der Waals surface area contributed by atoms with Crippen molar-refractivity contribution in [3.05, 3.63) is 17.5 Å². The molecule has 0 radical (unpaired) electrons. The maximum Gasteiger partial charge on any atom is 0.237 e. The Kier molecular flexibility index (Phi) is 6.58. The summed E-state index contributed by atoms with van der Waals surface area (Å²) in [7, 11) is 0. The summed E-state index contributed by atoms with van der Waals surface area (Å²) in [4.78, 5) is 26.6. The molecule has 1 atom stereocenters. The van der Waals surface area contributed by atoms with Crippen molar-refractivity contribution in [1.82, 2.24) is 20.0 Å². The fourth-order valence-corrected chi connectivity index (χ4v) is 3.88. The van der Waals surface area contributed by atoms with E-state index in [2.05, 4.69) is 10.4 Å². The summed E-state index contributed by atoms with van der Waals surface area (Å²) in [5.41, 5.74) is 7.76. The van der Waals surface area contributed by atoms with E-state index < -0.39 is 6.04 Å². The highest BCUT2D eigenvalue weighted by Crippen LogP contribution is 2.29.